The highest BCUT2D eigenvalue weighted by Gasteiger charge is 2.19. The van der Waals surface area contributed by atoms with Crippen LogP contribution in [0.25, 0.3) is 0 Å². The summed E-state index contributed by atoms with van der Waals surface area (Å²) in [5.74, 6) is -1.40. The summed E-state index contributed by atoms with van der Waals surface area (Å²) in [5, 5.41) is 12.3. The van der Waals surface area contributed by atoms with Gasteiger partial charge in [-0.15, -0.1) is 0 Å². The quantitative estimate of drug-likeness (QED) is 0.810. The van der Waals surface area contributed by atoms with Crippen LogP contribution in [0.3, 0.4) is 0 Å². The zero-order valence-electron chi connectivity index (χ0n) is 11.2. The highest BCUT2D eigenvalue weighted by atomic mass is 35.5. The SMILES string of the molecule is CCCCC(NC(=O)Cc1cccc(Cl)c1Cl)C(=O)O. The predicted molar refractivity (Wildman–Crippen MR) is 79.3 cm³/mol. The van der Waals surface area contributed by atoms with E-state index in [4.69, 9.17) is 28.3 Å². The van der Waals surface area contributed by atoms with Crippen LogP contribution < -0.4 is 5.32 Å². The van der Waals surface area contributed by atoms with Gasteiger partial charge in [-0.1, -0.05) is 55.1 Å². The number of aliphatic carboxylic acids is 1. The Morgan fingerprint density at radius 1 is 1.35 bits per heavy atom. The number of carbonyl (C=O) groups is 2. The van der Waals surface area contributed by atoms with E-state index in [-0.39, 0.29) is 12.3 Å². The first kappa shape index (κ1) is 16.8. The Kier molecular flexibility index (Phi) is 6.82. The Bertz CT molecular complexity index is 491. The van der Waals surface area contributed by atoms with Gasteiger partial charge in [0, 0.05) is 0 Å². The van der Waals surface area contributed by atoms with Gasteiger partial charge in [0.1, 0.15) is 6.04 Å². The molecule has 1 aromatic carbocycles. The van der Waals surface area contributed by atoms with E-state index >= 15 is 0 Å². The fourth-order valence-corrected chi connectivity index (χ4v) is 2.16. The van der Waals surface area contributed by atoms with Crippen molar-refractivity contribution in [3.05, 3.63) is 33.8 Å². The van der Waals surface area contributed by atoms with Crippen LogP contribution in [0.5, 0.6) is 0 Å². The molecular weight excluding hydrogens is 301 g/mol. The molecule has 6 heteroatoms. The number of unbranched alkanes of at least 4 members (excludes halogenated alkanes) is 1. The number of halogens is 2. The molecule has 20 heavy (non-hydrogen) atoms. The second-order valence-electron chi connectivity index (χ2n) is 4.49. The number of rotatable bonds is 7. The molecule has 0 spiro atoms. The minimum absolute atomic E-state index is 0.00922. The van der Waals surface area contributed by atoms with Crippen LogP contribution in [0.4, 0.5) is 0 Å². The average molecular weight is 318 g/mol. The number of benzene rings is 1. The second kappa shape index (κ2) is 8.12. The van der Waals surface area contributed by atoms with Gasteiger partial charge in [0.2, 0.25) is 5.91 Å². The van der Waals surface area contributed by atoms with Crippen LogP contribution in [-0.4, -0.2) is 23.0 Å². The molecule has 0 saturated heterocycles. The highest BCUT2D eigenvalue weighted by molar-refractivity contribution is 6.42. The average Bonchev–Trinajstić information content (AvgIpc) is 2.39. The van der Waals surface area contributed by atoms with E-state index < -0.39 is 12.0 Å². The molecule has 1 atom stereocenters. The van der Waals surface area contributed by atoms with Gasteiger partial charge in [-0.2, -0.15) is 0 Å². The molecular formula is C14H17Cl2NO3. The number of hydrogen-bond donors (Lipinski definition) is 2. The lowest BCUT2D eigenvalue weighted by atomic mass is 10.1. The largest absolute Gasteiger partial charge is 0.480 e. The van der Waals surface area contributed by atoms with Crippen molar-refractivity contribution in [1.29, 1.82) is 0 Å². The third-order valence-electron chi connectivity index (χ3n) is 2.86. The lowest BCUT2D eigenvalue weighted by Crippen LogP contribution is -2.41. The van der Waals surface area contributed by atoms with Crippen molar-refractivity contribution in [2.45, 2.75) is 38.6 Å². The molecule has 0 aliphatic carbocycles. The first-order chi connectivity index (χ1) is 9.45. The maximum atomic E-state index is 11.9. The molecule has 1 aromatic rings. The first-order valence-corrected chi connectivity index (χ1v) is 7.16. The van der Waals surface area contributed by atoms with Crippen LogP contribution in [0.2, 0.25) is 10.0 Å². The monoisotopic (exact) mass is 317 g/mol. The van der Waals surface area contributed by atoms with Gasteiger partial charge in [0.25, 0.3) is 0 Å². The van der Waals surface area contributed by atoms with Crippen molar-refractivity contribution < 1.29 is 14.7 Å². The van der Waals surface area contributed by atoms with Crippen LogP contribution in [0.1, 0.15) is 31.7 Å². The Balaban J connectivity index is 2.66. The molecule has 1 unspecified atom stereocenters. The molecule has 2 N–H and O–H groups in total. The molecule has 1 amide bonds. The molecule has 1 rings (SSSR count). The summed E-state index contributed by atoms with van der Waals surface area (Å²) in [7, 11) is 0. The van der Waals surface area contributed by atoms with Crippen molar-refractivity contribution in [3.63, 3.8) is 0 Å². The van der Waals surface area contributed by atoms with E-state index in [1.54, 1.807) is 18.2 Å². The smallest absolute Gasteiger partial charge is 0.326 e. The summed E-state index contributed by atoms with van der Waals surface area (Å²) in [6.07, 6.45) is 2.05. The van der Waals surface area contributed by atoms with Crippen LogP contribution in [-0.2, 0) is 16.0 Å². The standard InChI is InChI=1S/C14H17Cl2NO3/c1-2-3-7-11(14(19)20)17-12(18)8-9-5-4-6-10(15)13(9)16/h4-6,11H,2-3,7-8H2,1H3,(H,17,18)(H,19,20). The Morgan fingerprint density at radius 3 is 2.65 bits per heavy atom. The molecule has 110 valence electrons. The molecule has 4 nitrogen and oxygen atoms in total. The molecule has 0 fully saturated rings. The molecule has 0 radical (unpaired) electrons. The summed E-state index contributed by atoms with van der Waals surface area (Å²) in [6, 6.07) is 4.16. The number of carboxylic acid groups (broad SMARTS) is 1. The topological polar surface area (TPSA) is 66.4 Å². The van der Waals surface area contributed by atoms with Gasteiger partial charge >= 0.3 is 5.97 Å². The number of amides is 1. The van der Waals surface area contributed by atoms with Crippen molar-refractivity contribution in [1.82, 2.24) is 5.32 Å². The molecule has 0 aliphatic rings. The lowest BCUT2D eigenvalue weighted by molar-refractivity contribution is -0.142. The van der Waals surface area contributed by atoms with Gasteiger partial charge < -0.3 is 10.4 Å². The van der Waals surface area contributed by atoms with Crippen molar-refractivity contribution in [3.8, 4) is 0 Å². The molecule has 0 aromatic heterocycles. The molecule has 0 heterocycles. The predicted octanol–water partition coefficient (Wildman–Crippen LogP) is 3.30. The summed E-state index contributed by atoms with van der Waals surface area (Å²) in [4.78, 5) is 22.9. The second-order valence-corrected chi connectivity index (χ2v) is 5.28. The number of carboxylic acids is 1. The van der Waals surface area contributed by atoms with Gasteiger partial charge in [0.05, 0.1) is 16.5 Å². The van der Waals surface area contributed by atoms with Gasteiger partial charge in [0.15, 0.2) is 0 Å². The maximum absolute atomic E-state index is 11.9. The summed E-state index contributed by atoms with van der Waals surface area (Å²) in [6.45, 7) is 1.96. The number of nitrogens with one attached hydrogen (secondary N) is 1. The number of hydrogen-bond acceptors (Lipinski definition) is 2. The third kappa shape index (κ3) is 5.02. The van der Waals surface area contributed by atoms with Crippen molar-refractivity contribution >= 4 is 35.1 Å². The zero-order chi connectivity index (χ0) is 15.1. The van der Waals surface area contributed by atoms with E-state index in [0.29, 0.717) is 22.0 Å². The lowest BCUT2D eigenvalue weighted by Gasteiger charge is -2.14. The molecule has 0 saturated carbocycles. The Hall–Kier alpha value is -1.26. The molecule has 0 aliphatic heterocycles. The van der Waals surface area contributed by atoms with E-state index in [1.165, 1.54) is 0 Å². The van der Waals surface area contributed by atoms with Crippen LogP contribution in [0.15, 0.2) is 18.2 Å². The summed E-state index contributed by atoms with van der Waals surface area (Å²) in [5.41, 5.74) is 0.580. The maximum Gasteiger partial charge on any atom is 0.326 e. The van der Waals surface area contributed by atoms with E-state index in [9.17, 15) is 9.59 Å². The fraction of sp³-hybridized carbons (Fsp3) is 0.429. The zero-order valence-corrected chi connectivity index (χ0v) is 12.7. The van der Waals surface area contributed by atoms with E-state index in [2.05, 4.69) is 5.32 Å². The van der Waals surface area contributed by atoms with Gasteiger partial charge in [-0.3, -0.25) is 4.79 Å². The van der Waals surface area contributed by atoms with Gasteiger partial charge in [-0.25, -0.2) is 4.79 Å². The van der Waals surface area contributed by atoms with Gasteiger partial charge in [-0.05, 0) is 18.1 Å². The molecule has 0 bridgehead atoms. The van der Waals surface area contributed by atoms with Crippen LogP contribution in [0, 0.1) is 0 Å². The third-order valence-corrected chi connectivity index (χ3v) is 3.72. The minimum atomic E-state index is -1.02. The fourth-order valence-electron chi connectivity index (χ4n) is 1.77. The minimum Gasteiger partial charge on any atom is -0.480 e. The number of carbonyl (C=O) groups excluding carboxylic acids is 1. The Labute approximate surface area is 128 Å². The van der Waals surface area contributed by atoms with E-state index in [1.807, 2.05) is 6.92 Å². The summed E-state index contributed by atoms with van der Waals surface area (Å²) < 4.78 is 0. The van der Waals surface area contributed by atoms with Crippen molar-refractivity contribution in [2.24, 2.45) is 0 Å². The van der Waals surface area contributed by atoms with Crippen molar-refractivity contribution in [2.75, 3.05) is 0 Å². The van der Waals surface area contributed by atoms with Crippen LogP contribution >= 0.6 is 23.2 Å². The van der Waals surface area contributed by atoms with E-state index in [0.717, 1.165) is 12.8 Å². The normalized spacial score (nSPS) is 11.9. The first-order valence-electron chi connectivity index (χ1n) is 6.40. The highest BCUT2D eigenvalue weighted by Crippen LogP contribution is 2.25. The summed E-state index contributed by atoms with van der Waals surface area (Å²) >= 11 is 11.9. The Morgan fingerprint density at radius 2 is 2.05 bits per heavy atom.